The van der Waals surface area contributed by atoms with Crippen LogP contribution in [-0.2, 0) is 18.3 Å². The topological polar surface area (TPSA) is 80.5 Å². The van der Waals surface area contributed by atoms with Crippen molar-refractivity contribution in [3.05, 3.63) is 77.7 Å². The van der Waals surface area contributed by atoms with E-state index < -0.39 is 0 Å². The molecule has 1 atom stereocenters. The third-order valence-electron chi connectivity index (χ3n) is 8.36. The fourth-order valence-electron chi connectivity index (χ4n) is 5.73. The summed E-state index contributed by atoms with van der Waals surface area (Å²) in [5.74, 6) is -0.0642. The molecule has 2 fully saturated rings. The minimum absolute atomic E-state index is 0.0642. The number of hydrogen-bond donors (Lipinski definition) is 1. The average molecular weight is 554 g/mol. The fourth-order valence-corrected chi connectivity index (χ4v) is 5.73. The summed E-state index contributed by atoms with van der Waals surface area (Å²) in [4.78, 5) is 18.5. The van der Waals surface area contributed by atoms with Gasteiger partial charge in [0.05, 0.1) is 31.1 Å². The number of nitrogens with one attached hydrogen (secondary N) is 1. The molecule has 4 heterocycles. The lowest BCUT2D eigenvalue weighted by atomic mass is 9.96. The summed E-state index contributed by atoms with van der Waals surface area (Å²) in [7, 11) is 1.92. The van der Waals surface area contributed by atoms with Crippen molar-refractivity contribution in [2.24, 2.45) is 7.05 Å². The Morgan fingerprint density at radius 1 is 1.07 bits per heavy atom. The zero-order valence-electron chi connectivity index (χ0n) is 24.4. The highest BCUT2D eigenvalue weighted by Crippen LogP contribution is 2.31. The highest BCUT2D eigenvalue weighted by atomic mass is 16.5. The Hall–Kier alpha value is -3.95. The Kier molecular flexibility index (Phi) is 7.64. The van der Waals surface area contributed by atoms with Crippen LogP contribution in [0.5, 0.6) is 0 Å². The summed E-state index contributed by atoms with van der Waals surface area (Å²) >= 11 is 0. The van der Waals surface area contributed by atoms with Crippen molar-refractivity contribution in [2.75, 3.05) is 44.3 Å². The lowest BCUT2D eigenvalue weighted by molar-refractivity contribution is 0.0105. The molecule has 2 aliphatic heterocycles. The van der Waals surface area contributed by atoms with Crippen molar-refractivity contribution in [3.63, 3.8) is 0 Å². The number of carbonyl (C=O) groups is 1. The van der Waals surface area contributed by atoms with Crippen LogP contribution in [0, 0.1) is 6.92 Å². The van der Waals surface area contributed by atoms with Gasteiger partial charge in [0, 0.05) is 80.6 Å². The van der Waals surface area contributed by atoms with Crippen molar-refractivity contribution in [1.82, 2.24) is 29.8 Å². The molecular weight excluding hydrogens is 514 g/mol. The molecular formula is C32H39N7O2. The molecule has 2 aliphatic rings. The molecule has 2 saturated heterocycles. The van der Waals surface area contributed by atoms with Gasteiger partial charge in [0.25, 0.3) is 5.91 Å². The minimum atomic E-state index is -0.205. The molecule has 0 spiro atoms. The molecule has 2 aromatic heterocycles. The average Bonchev–Trinajstić information content (AvgIpc) is 3.63. The SMILES string of the molecule is CCn1ccc(-c2cc(-c3cnn(C)c3)cc([C@@H](C)NC(=O)c3cc(N4CC(N5CCOCC5)C4)ccc3C)c2)n1. The normalized spacial score (nSPS) is 16.9. The molecule has 9 heteroatoms. The number of benzene rings is 2. The zero-order valence-corrected chi connectivity index (χ0v) is 24.4. The van der Waals surface area contributed by atoms with E-state index >= 15 is 0 Å². The summed E-state index contributed by atoms with van der Waals surface area (Å²) in [5, 5.41) is 12.4. The van der Waals surface area contributed by atoms with Gasteiger partial charge in [0.2, 0.25) is 0 Å². The first-order valence-corrected chi connectivity index (χ1v) is 14.5. The third kappa shape index (κ3) is 5.78. The summed E-state index contributed by atoms with van der Waals surface area (Å²) in [6, 6.07) is 15.0. The fraction of sp³-hybridized carbons (Fsp3) is 0.406. The molecule has 0 unspecified atom stereocenters. The van der Waals surface area contributed by atoms with Crippen molar-refractivity contribution < 1.29 is 9.53 Å². The molecule has 1 N–H and O–H groups in total. The Morgan fingerprint density at radius 3 is 2.56 bits per heavy atom. The number of amides is 1. The number of aryl methyl sites for hydroxylation is 3. The van der Waals surface area contributed by atoms with Crippen LogP contribution in [0.25, 0.3) is 22.4 Å². The van der Waals surface area contributed by atoms with Crippen LogP contribution in [0.2, 0.25) is 0 Å². The Labute approximate surface area is 241 Å². The number of rotatable bonds is 8. The van der Waals surface area contributed by atoms with E-state index in [9.17, 15) is 4.79 Å². The maximum absolute atomic E-state index is 13.6. The summed E-state index contributed by atoms with van der Waals surface area (Å²) in [6.45, 7) is 12.5. The second-order valence-electron chi connectivity index (χ2n) is 11.2. The van der Waals surface area contributed by atoms with Gasteiger partial charge in [0.1, 0.15) is 0 Å². The molecule has 2 aromatic carbocycles. The number of nitrogens with zero attached hydrogens (tertiary/aromatic N) is 6. The molecule has 1 amide bonds. The molecule has 4 aromatic rings. The molecule has 6 rings (SSSR count). The highest BCUT2D eigenvalue weighted by Gasteiger charge is 2.33. The smallest absolute Gasteiger partial charge is 0.252 e. The first kappa shape index (κ1) is 27.2. The van der Waals surface area contributed by atoms with E-state index in [-0.39, 0.29) is 11.9 Å². The Morgan fingerprint density at radius 2 is 1.85 bits per heavy atom. The van der Waals surface area contributed by atoms with E-state index in [1.54, 1.807) is 4.68 Å². The highest BCUT2D eigenvalue weighted by molar-refractivity contribution is 5.97. The van der Waals surface area contributed by atoms with Crippen LogP contribution in [0.15, 0.2) is 61.1 Å². The van der Waals surface area contributed by atoms with Crippen LogP contribution in [0.4, 0.5) is 5.69 Å². The van der Waals surface area contributed by atoms with Crippen molar-refractivity contribution in [1.29, 1.82) is 0 Å². The third-order valence-corrected chi connectivity index (χ3v) is 8.36. The number of anilines is 1. The summed E-state index contributed by atoms with van der Waals surface area (Å²) in [5.41, 5.74) is 7.80. The van der Waals surface area contributed by atoms with Crippen molar-refractivity contribution in [3.8, 4) is 22.4 Å². The van der Waals surface area contributed by atoms with Crippen molar-refractivity contribution in [2.45, 2.75) is 39.4 Å². The van der Waals surface area contributed by atoms with Gasteiger partial charge in [-0.25, -0.2) is 0 Å². The van der Waals surface area contributed by atoms with Crippen LogP contribution >= 0.6 is 0 Å². The van der Waals surface area contributed by atoms with E-state index in [0.29, 0.717) is 6.04 Å². The number of aromatic nitrogens is 4. The minimum Gasteiger partial charge on any atom is -0.379 e. The number of morpholine rings is 1. The summed E-state index contributed by atoms with van der Waals surface area (Å²) in [6.07, 6.45) is 5.87. The second kappa shape index (κ2) is 11.5. The van der Waals surface area contributed by atoms with Gasteiger partial charge < -0.3 is 15.0 Å². The predicted molar refractivity (Wildman–Crippen MR) is 161 cm³/mol. The van der Waals surface area contributed by atoms with Gasteiger partial charge in [-0.3, -0.25) is 19.1 Å². The van der Waals surface area contributed by atoms with Crippen LogP contribution < -0.4 is 10.2 Å². The molecule has 9 nitrogen and oxygen atoms in total. The first-order valence-electron chi connectivity index (χ1n) is 14.5. The zero-order chi connectivity index (χ0) is 28.5. The van der Waals surface area contributed by atoms with Gasteiger partial charge in [0.15, 0.2) is 0 Å². The summed E-state index contributed by atoms with van der Waals surface area (Å²) < 4.78 is 9.23. The van der Waals surface area contributed by atoms with E-state index in [1.165, 1.54) is 0 Å². The standard InChI is InChI=1S/C32H39N7O2/c1-5-39-9-8-31(35-39)26-15-24(14-25(16-26)27-18-33-36(4)19-27)23(3)34-32(40)30-17-28(7-6-22(30)2)38-20-29(21-38)37-10-12-41-13-11-37/h6-9,14-19,23,29H,5,10-13,20-21H2,1-4H3,(H,34,40)/t23-/m1/s1. The number of ether oxygens (including phenoxy) is 1. The van der Waals surface area contributed by atoms with Crippen LogP contribution in [-0.4, -0.2) is 75.8 Å². The van der Waals surface area contributed by atoms with Crippen LogP contribution in [0.3, 0.4) is 0 Å². The first-order chi connectivity index (χ1) is 19.9. The molecule has 0 bridgehead atoms. The van der Waals surface area contributed by atoms with E-state index in [1.807, 2.05) is 56.3 Å². The molecule has 0 radical (unpaired) electrons. The van der Waals surface area contributed by atoms with Gasteiger partial charge in [-0.2, -0.15) is 10.2 Å². The Bertz CT molecular complexity index is 1530. The number of carbonyl (C=O) groups excluding carboxylic acids is 1. The maximum atomic E-state index is 13.6. The van der Waals surface area contributed by atoms with E-state index in [2.05, 4.69) is 57.5 Å². The lowest BCUT2D eigenvalue weighted by Crippen LogP contribution is -2.61. The van der Waals surface area contributed by atoms with E-state index in [0.717, 1.165) is 90.7 Å². The molecule has 214 valence electrons. The van der Waals surface area contributed by atoms with Crippen LogP contribution in [0.1, 0.15) is 41.4 Å². The molecule has 0 saturated carbocycles. The quantitative estimate of drug-likeness (QED) is 0.351. The largest absolute Gasteiger partial charge is 0.379 e. The lowest BCUT2D eigenvalue weighted by Gasteiger charge is -2.47. The van der Waals surface area contributed by atoms with Gasteiger partial charge in [-0.05, 0) is 73.9 Å². The monoisotopic (exact) mass is 553 g/mol. The van der Waals surface area contributed by atoms with Gasteiger partial charge in [-0.1, -0.05) is 6.07 Å². The van der Waals surface area contributed by atoms with E-state index in [4.69, 9.17) is 9.84 Å². The van der Waals surface area contributed by atoms with Crippen molar-refractivity contribution >= 4 is 11.6 Å². The number of hydrogen-bond acceptors (Lipinski definition) is 6. The maximum Gasteiger partial charge on any atom is 0.252 e. The molecule has 41 heavy (non-hydrogen) atoms. The predicted octanol–water partition coefficient (Wildman–Crippen LogP) is 4.29. The second-order valence-corrected chi connectivity index (χ2v) is 11.2. The van der Waals surface area contributed by atoms with Gasteiger partial charge >= 0.3 is 0 Å². The van der Waals surface area contributed by atoms with Gasteiger partial charge in [-0.15, -0.1) is 0 Å². The Balaban J connectivity index is 1.21. The molecule has 0 aliphatic carbocycles.